The Morgan fingerprint density at radius 1 is 1.07 bits per heavy atom. The molecule has 160 valence electrons. The van der Waals surface area contributed by atoms with Gasteiger partial charge in [-0.15, -0.1) is 0 Å². The Labute approximate surface area is 182 Å². The lowest BCUT2D eigenvalue weighted by Gasteiger charge is -2.17. The van der Waals surface area contributed by atoms with Crippen molar-refractivity contribution in [3.05, 3.63) is 72.7 Å². The minimum absolute atomic E-state index is 0.310. The Balaban J connectivity index is 0.000000239. The average molecular weight is 404 g/mol. The van der Waals surface area contributed by atoms with Crippen molar-refractivity contribution in [2.45, 2.75) is 71.3 Å². The normalized spacial score (nSPS) is 16.1. The van der Waals surface area contributed by atoms with Crippen LogP contribution in [-0.4, -0.2) is 16.0 Å². The van der Waals surface area contributed by atoms with Crippen LogP contribution in [0, 0.1) is 5.92 Å². The van der Waals surface area contributed by atoms with E-state index in [4.69, 9.17) is 0 Å². The van der Waals surface area contributed by atoms with Crippen LogP contribution < -0.4 is 5.32 Å². The maximum atomic E-state index is 4.11. The van der Waals surface area contributed by atoms with Crippen molar-refractivity contribution in [1.29, 1.82) is 0 Å². The average Bonchev–Trinajstić information content (AvgIpc) is 3.15. The fraction of sp³-hybridized carbons (Fsp3) is 0.444. The molecule has 1 fully saturated rings. The lowest BCUT2D eigenvalue weighted by atomic mass is 9.93. The SMILES string of the molecule is C=C(NC(C)Cc1c[nH]c2ccccc12)c1ccncc1.CC1CCCCCCC1. The highest BCUT2D eigenvalue weighted by molar-refractivity contribution is 5.83. The van der Waals surface area contributed by atoms with Crippen LogP contribution in [-0.2, 0) is 6.42 Å². The fourth-order valence-electron chi connectivity index (χ4n) is 4.28. The van der Waals surface area contributed by atoms with Crippen LogP contribution in [0.25, 0.3) is 16.6 Å². The number of nitrogens with one attached hydrogen (secondary N) is 2. The van der Waals surface area contributed by atoms with Crippen LogP contribution in [0.3, 0.4) is 0 Å². The molecular formula is C27H37N3. The number of para-hydroxylation sites is 1. The summed E-state index contributed by atoms with van der Waals surface area (Å²) in [5.74, 6) is 1.02. The number of H-pyrrole nitrogens is 1. The molecule has 0 spiro atoms. The number of hydrogen-bond acceptors (Lipinski definition) is 2. The molecule has 1 aliphatic carbocycles. The third kappa shape index (κ3) is 6.76. The standard InChI is InChI=1S/C18H19N3.C9H18/c1-13(21-14(2)15-7-9-19-10-8-15)11-16-12-20-18-6-4-3-5-17(16)18;1-9-7-5-3-2-4-6-8-9/h3-10,12-13,20-21H,2,11H2,1H3;9H,2-8H2,1H3. The van der Waals surface area contributed by atoms with E-state index in [9.17, 15) is 0 Å². The first-order valence-electron chi connectivity index (χ1n) is 11.5. The Bertz CT molecular complexity index is 889. The van der Waals surface area contributed by atoms with E-state index in [2.05, 4.69) is 66.2 Å². The van der Waals surface area contributed by atoms with Gasteiger partial charge in [0.15, 0.2) is 0 Å². The molecule has 0 bridgehead atoms. The molecule has 4 rings (SSSR count). The van der Waals surface area contributed by atoms with E-state index in [1.165, 1.54) is 61.4 Å². The molecule has 2 N–H and O–H groups in total. The topological polar surface area (TPSA) is 40.7 Å². The third-order valence-corrected chi connectivity index (χ3v) is 6.04. The first kappa shape index (κ1) is 22.1. The van der Waals surface area contributed by atoms with Crippen molar-refractivity contribution in [3.8, 4) is 0 Å². The number of aromatic nitrogens is 2. The molecule has 0 saturated heterocycles. The number of benzene rings is 1. The van der Waals surface area contributed by atoms with Gasteiger partial charge in [-0.1, -0.05) is 76.6 Å². The number of rotatable bonds is 5. The van der Waals surface area contributed by atoms with E-state index < -0.39 is 0 Å². The zero-order valence-electron chi connectivity index (χ0n) is 18.7. The van der Waals surface area contributed by atoms with Gasteiger partial charge in [-0.2, -0.15) is 0 Å². The summed E-state index contributed by atoms with van der Waals surface area (Å²) in [4.78, 5) is 7.35. The first-order valence-corrected chi connectivity index (χ1v) is 11.5. The molecule has 1 atom stereocenters. The van der Waals surface area contributed by atoms with Gasteiger partial charge >= 0.3 is 0 Å². The molecule has 1 unspecified atom stereocenters. The molecule has 1 aromatic carbocycles. The van der Waals surface area contributed by atoms with E-state index in [1.54, 1.807) is 12.4 Å². The summed E-state index contributed by atoms with van der Waals surface area (Å²) in [5.41, 5.74) is 4.53. The van der Waals surface area contributed by atoms with Crippen LogP contribution in [0.2, 0.25) is 0 Å². The van der Waals surface area contributed by atoms with E-state index >= 15 is 0 Å². The van der Waals surface area contributed by atoms with Gasteiger partial charge in [0.1, 0.15) is 0 Å². The quantitative estimate of drug-likeness (QED) is 0.476. The van der Waals surface area contributed by atoms with Gasteiger partial charge in [0.2, 0.25) is 0 Å². The molecule has 0 aliphatic heterocycles. The predicted octanol–water partition coefficient (Wildman–Crippen LogP) is 7.12. The number of nitrogens with zero attached hydrogens (tertiary/aromatic N) is 1. The molecule has 0 amide bonds. The summed E-state index contributed by atoms with van der Waals surface area (Å²) in [7, 11) is 0. The number of hydrogen-bond donors (Lipinski definition) is 2. The minimum Gasteiger partial charge on any atom is -0.382 e. The van der Waals surface area contributed by atoms with E-state index in [1.807, 2.05) is 12.1 Å². The number of fused-ring (bicyclic) bond motifs is 1. The Kier molecular flexibility index (Phi) is 8.55. The Hall–Kier alpha value is -2.55. The van der Waals surface area contributed by atoms with Gasteiger partial charge < -0.3 is 10.3 Å². The van der Waals surface area contributed by atoms with Crippen molar-refractivity contribution in [2.75, 3.05) is 0 Å². The van der Waals surface area contributed by atoms with E-state index in [0.717, 1.165) is 23.6 Å². The van der Waals surface area contributed by atoms with Gasteiger partial charge in [-0.05, 0) is 43.0 Å². The summed E-state index contributed by atoms with van der Waals surface area (Å²) in [5, 5.41) is 4.76. The zero-order valence-corrected chi connectivity index (χ0v) is 18.7. The Morgan fingerprint density at radius 2 is 1.73 bits per heavy atom. The van der Waals surface area contributed by atoms with Crippen LogP contribution in [0.5, 0.6) is 0 Å². The summed E-state index contributed by atoms with van der Waals surface area (Å²) in [6, 6.07) is 12.6. The lowest BCUT2D eigenvalue weighted by Crippen LogP contribution is -2.26. The van der Waals surface area contributed by atoms with Gasteiger partial charge in [0.25, 0.3) is 0 Å². The predicted molar refractivity (Wildman–Crippen MR) is 129 cm³/mol. The zero-order chi connectivity index (χ0) is 21.2. The van der Waals surface area contributed by atoms with E-state index in [0.29, 0.717) is 6.04 Å². The van der Waals surface area contributed by atoms with Crippen molar-refractivity contribution >= 4 is 16.6 Å². The molecular weight excluding hydrogens is 366 g/mol. The first-order chi connectivity index (χ1) is 14.6. The summed E-state index contributed by atoms with van der Waals surface area (Å²) < 4.78 is 0. The molecule has 3 aromatic rings. The summed E-state index contributed by atoms with van der Waals surface area (Å²) in [6.07, 6.45) is 17.0. The lowest BCUT2D eigenvalue weighted by molar-refractivity contribution is 0.404. The number of aromatic amines is 1. The maximum absolute atomic E-state index is 4.11. The van der Waals surface area contributed by atoms with Crippen molar-refractivity contribution < 1.29 is 0 Å². The van der Waals surface area contributed by atoms with Crippen molar-refractivity contribution in [1.82, 2.24) is 15.3 Å². The molecule has 0 radical (unpaired) electrons. The smallest absolute Gasteiger partial charge is 0.0456 e. The van der Waals surface area contributed by atoms with Crippen molar-refractivity contribution in [3.63, 3.8) is 0 Å². The molecule has 3 heteroatoms. The molecule has 1 aliphatic rings. The minimum atomic E-state index is 0.310. The van der Waals surface area contributed by atoms with Gasteiger partial charge in [-0.3, -0.25) is 4.98 Å². The molecule has 2 aromatic heterocycles. The van der Waals surface area contributed by atoms with E-state index in [-0.39, 0.29) is 0 Å². The fourth-order valence-corrected chi connectivity index (χ4v) is 4.28. The molecule has 3 nitrogen and oxygen atoms in total. The number of pyridine rings is 1. The summed E-state index contributed by atoms with van der Waals surface area (Å²) >= 11 is 0. The second kappa shape index (κ2) is 11.6. The van der Waals surface area contributed by atoms with Gasteiger partial charge in [0.05, 0.1) is 0 Å². The summed E-state index contributed by atoms with van der Waals surface area (Å²) in [6.45, 7) is 8.68. The van der Waals surface area contributed by atoms with Gasteiger partial charge in [0, 0.05) is 46.8 Å². The van der Waals surface area contributed by atoms with Crippen LogP contribution >= 0.6 is 0 Å². The third-order valence-electron chi connectivity index (χ3n) is 6.04. The monoisotopic (exact) mass is 403 g/mol. The van der Waals surface area contributed by atoms with Crippen LogP contribution in [0.1, 0.15) is 69.9 Å². The second-order valence-corrected chi connectivity index (χ2v) is 8.77. The van der Waals surface area contributed by atoms with Gasteiger partial charge in [-0.25, -0.2) is 0 Å². The highest BCUT2D eigenvalue weighted by Gasteiger charge is 2.09. The van der Waals surface area contributed by atoms with Crippen LogP contribution in [0.4, 0.5) is 0 Å². The molecule has 1 saturated carbocycles. The highest BCUT2D eigenvalue weighted by Crippen LogP contribution is 2.21. The highest BCUT2D eigenvalue weighted by atomic mass is 14.9. The largest absolute Gasteiger partial charge is 0.382 e. The molecule has 30 heavy (non-hydrogen) atoms. The second-order valence-electron chi connectivity index (χ2n) is 8.77. The Morgan fingerprint density at radius 3 is 2.47 bits per heavy atom. The van der Waals surface area contributed by atoms with Crippen LogP contribution in [0.15, 0.2) is 61.6 Å². The molecule has 2 heterocycles. The maximum Gasteiger partial charge on any atom is 0.0456 e. The van der Waals surface area contributed by atoms with Crippen molar-refractivity contribution in [2.24, 2.45) is 5.92 Å².